The molecule has 0 aromatic heterocycles. The molecule has 2 aromatic carbocycles. The lowest BCUT2D eigenvalue weighted by Crippen LogP contribution is -2.27. The van der Waals surface area contributed by atoms with Gasteiger partial charge in [-0.05, 0) is 55.3 Å². The predicted molar refractivity (Wildman–Crippen MR) is 106 cm³/mol. The van der Waals surface area contributed by atoms with Gasteiger partial charge in [0.1, 0.15) is 17.1 Å². The van der Waals surface area contributed by atoms with E-state index in [-0.39, 0.29) is 0 Å². The first-order chi connectivity index (χ1) is 12.1. The van der Waals surface area contributed by atoms with Gasteiger partial charge in [-0.3, -0.25) is 5.32 Å². The summed E-state index contributed by atoms with van der Waals surface area (Å²) in [5.74, 6) is 1.79. The molecule has 142 valence electrons. The van der Waals surface area contributed by atoms with Gasteiger partial charge in [0.25, 0.3) is 0 Å². The lowest BCUT2D eigenvalue weighted by molar-refractivity contribution is 0.0635. The molecule has 0 heterocycles. The maximum absolute atomic E-state index is 12.2. The normalized spacial score (nSPS) is 11.2. The molecule has 0 saturated carbocycles. The van der Waals surface area contributed by atoms with Crippen LogP contribution in [0.2, 0.25) is 0 Å². The molecule has 0 bridgehead atoms. The Hall–Kier alpha value is -2.15. The highest BCUT2D eigenvalue weighted by Gasteiger charge is 2.23. The van der Waals surface area contributed by atoms with Gasteiger partial charge < -0.3 is 18.9 Å². The van der Waals surface area contributed by atoms with E-state index >= 15 is 0 Å². The Balaban J connectivity index is 2.68. The number of halogens is 1. The number of ether oxygens (including phenoxy) is 4. The molecule has 0 aliphatic rings. The number of benzene rings is 2. The number of nitrogens with one attached hydrogen (secondary N) is 1. The molecule has 0 unspecified atom stereocenters. The van der Waals surface area contributed by atoms with E-state index in [0.717, 1.165) is 20.8 Å². The topological polar surface area (TPSA) is 66.0 Å². The van der Waals surface area contributed by atoms with Crippen molar-refractivity contribution in [1.29, 1.82) is 0 Å². The van der Waals surface area contributed by atoms with E-state index in [1.165, 1.54) is 0 Å². The summed E-state index contributed by atoms with van der Waals surface area (Å²) in [7, 11) is 4.73. The van der Waals surface area contributed by atoms with Crippen molar-refractivity contribution >= 4 is 38.5 Å². The van der Waals surface area contributed by atoms with Gasteiger partial charge in [-0.1, -0.05) is 0 Å². The minimum absolute atomic E-state index is 0.461. The molecule has 2 rings (SSSR count). The molecule has 7 heteroatoms. The number of fused-ring (bicyclic) bond motifs is 1. The van der Waals surface area contributed by atoms with Crippen LogP contribution in [0, 0.1) is 6.92 Å². The molecule has 0 saturated heterocycles. The SMILES string of the molecule is COc1c(C)cc2c(OC)c(NC(=O)OC(C)(C)C)cc(OC)c2c1Br. The molecule has 1 amide bonds. The van der Waals surface area contributed by atoms with Gasteiger partial charge in [-0.25, -0.2) is 4.79 Å². The first-order valence-electron chi connectivity index (χ1n) is 8.04. The average molecular weight is 426 g/mol. The summed E-state index contributed by atoms with van der Waals surface area (Å²) in [5, 5.41) is 4.31. The monoisotopic (exact) mass is 425 g/mol. The Kier molecular flexibility index (Phi) is 5.91. The summed E-state index contributed by atoms with van der Waals surface area (Å²) < 4.78 is 22.7. The van der Waals surface area contributed by atoms with E-state index in [4.69, 9.17) is 18.9 Å². The summed E-state index contributed by atoms with van der Waals surface area (Å²) in [6.45, 7) is 7.34. The Morgan fingerprint density at radius 2 is 1.65 bits per heavy atom. The van der Waals surface area contributed by atoms with Crippen LogP contribution in [0.15, 0.2) is 16.6 Å². The van der Waals surface area contributed by atoms with E-state index in [1.54, 1.807) is 48.2 Å². The Labute approximate surface area is 161 Å². The van der Waals surface area contributed by atoms with E-state index in [0.29, 0.717) is 22.9 Å². The standard InChI is InChI=1S/C19H24BrNO5/c1-10-8-11-14(15(20)16(10)24-6)13(23-5)9-12(17(11)25-7)21-18(22)26-19(2,3)4/h8-9H,1-7H3,(H,21,22). The molecule has 2 aromatic rings. The summed E-state index contributed by atoms with van der Waals surface area (Å²) >= 11 is 3.59. The van der Waals surface area contributed by atoms with Crippen molar-refractivity contribution in [3.05, 3.63) is 22.2 Å². The number of carbonyl (C=O) groups excluding carboxylic acids is 1. The van der Waals surface area contributed by atoms with E-state index < -0.39 is 11.7 Å². The van der Waals surface area contributed by atoms with Crippen LogP contribution < -0.4 is 19.5 Å². The number of anilines is 1. The smallest absolute Gasteiger partial charge is 0.412 e. The Bertz CT molecular complexity index is 842. The van der Waals surface area contributed by atoms with Crippen LogP contribution in [0.3, 0.4) is 0 Å². The van der Waals surface area contributed by atoms with Gasteiger partial charge in [0.15, 0.2) is 5.75 Å². The second-order valence-electron chi connectivity index (χ2n) is 6.75. The fourth-order valence-corrected chi connectivity index (χ4v) is 3.61. The molecular weight excluding hydrogens is 402 g/mol. The van der Waals surface area contributed by atoms with Gasteiger partial charge in [-0.15, -0.1) is 0 Å². The number of hydrogen-bond donors (Lipinski definition) is 1. The maximum atomic E-state index is 12.2. The molecule has 0 radical (unpaired) electrons. The van der Waals surface area contributed by atoms with Gasteiger partial charge >= 0.3 is 6.09 Å². The second kappa shape index (κ2) is 7.61. The number of carbonyl (C=O) groups is 1. The number of methoxy groups -OCH3 is 3. The quantitative estimate of drug-likeness (QED) is 0.720. The number of amides is 1. The highest BCUT2D eigenvalue weighted by atomic mass is 79.9. The first-order valence-corrected chi connectivity index (χ1v) is 8.84. The molecular formula is C19H24BrNO5. The van der Waals surface area contributed by atoms with E-state index in [9.17, 15) is 4.79 Å². The average Bonchev–Trinajstić information content (AvgIpc) is 2.52. The molecule has 26 heavy (non-hydrogen) atoms. The van der Waals surface area contributed by atoms with E-state index in [2.05, 4.69) is 21.2 Å². The first kappa shape index (κ1) is 20.2. The van der Waals surface area contributed by atoms with Gasteiger partial charge in [0, 0.05) is 16.8 Å². The fourth-order valence-electron chi connectivity index (χ4n) is 2.73. The molecule has 0 spiro atoms. The third kappa shape index (κ3) is 3.98. The fraction of sp³-hybridized carbons (Fsp3) is 0.421. The van der Waals surface area contributed by atoms with Crippen molar-refractivity contribution in [3.8, 4) is 17.2 Å². The van der Waals surface area contributed by atoms with Gasteiger partial charge in [0.2, 0.25) is 0 Å². The summed E-state index contributed by atoms with van der Waals surface area (Å²) in [6, 6.07) is 3.63. The van der Waals surface area contributed by atoms with Crippen molar-refractivity contribution < 1.29 is 23.7 Å². The molecule has 6 nitrogen and oxygen atoms in total. The zero-order chi connectivity index (χ0) is 19.6. The summed E-state index contributed by atoms with van der Waals surface area (Å²) in [5.41, 5.74) is 0.773. The highest BCUT2D eigenvalue weighted by molar-refractivity contribution is 9.10. The largest absolute Gasteiger partial charge is 0.496 e. The second-order valence-corrected chi connectivity index (χ2v) is 7.54. The number of rotatable bonds is 4. The van der Waals surface area contributed by atoms with E-state index in [1.807, 2.05) is 13.0 Å². The number of aryl methyl sites for hydroxylation is 1. The minimum atomic E-state index is -0.606. The van der Waals surface area contributed by atoms with Crippen LogP contribution in [0.4, 0.5) is 10.5 Å². The predicted octanol–water partition coefficient (Wildman–Crippen LogP) is 5.28. The molecule has 0 aliphatic heterocycles. The Morgan fingerprint density at radius 3 is 2.15 bits per heavy atom. The molecule has 0 aliphatic carbocycles. The number of hydrogen-bond acceptors (Lipinski definition) is 5. The van der Waals surface area contributed by atoms with Crippen LogP contribution in [0.25, 0.3) is 10.8 Å². The van der Waals surface area contributed by atoms with Crippen LogP contribution in [-0.2, 0) is 4.74 Å². The highest BCUT2D eigenvalue weighted by Crippen LogP contribution is 2.47. The maximum Gasteiger partial charge on any atom is 0.412 e. The van der Waals surface area contributed by atoms with Gasteiger partial charge in [0.05, 0.1) is 31.5 Å². The van der Waals surface area contributed by atoms with Crippen molar-refractivity contribution in [2.24, 2.45) is 0 Å². The third-order valence-corrected chi connectivity index (χ3v) is 4.44. The van der Waals surface area contributed by atoms with Crippen molar-refractivity contribution in [2.75, 3.05) is 26.6 Å². The van der Waals surface area contributed by atoms with Crippen LogP contribution in [0.5, 0.6) is 17.2 Å². The zero-order valence-electron chi connectivity index (χ0n) is 16.1. The summed E-state index contributed by atoms with van der Waals surface area (Å²) in [6.07, 6.45) is -0.568. The summed E-state index contributed by atoms with van der Waals surface area (Å²) in [4.78, 5) is 12.2. The zero-order valence-corrected chi connectivity index (χ0v) is 17.7. The molecule has 0 fully saturated rings. The lowest BCUT2D eigenvalue weighted by Gasteiger charge is -2.22. The molecule has 1 N–H and O–H groups in total. The van der Waals surface area contributed by atoms with Gasteiger partial charge in [-0.2, -0.15) is 0 Å². The van der Waals surface area contributed by atoms with Crippen LogP contribution in [0.1, 0.15) is 26.3 Å². The molecule has 0 atom stereocenters. The van der Waals surface area contributed by atoms with Crippen molar-refractivity contribution in [2.45, 2.75) is 33.3 Å². The third-order valence-electron chi connectivity index (χ3n) is 3.68. The van der Waals surface area contributed by atoms with Crippen LogP contribution >= 0.6 is 15.9 Å². The minimum Gasteiger partial charge on any atom is -0.496 e. The van der Waals surface area contributed by atoms with Crippen molar-refractivity contribution in [1.82, 2.24) is 0 Å². The lowest BCUT2D eigenvalue weighted by atomic mass is 10.0. The van der Waals surface area contributed by atoms with Crippen molar-refractivity contribution in [3.63, 3.8) is 0 Å². The van der Waals surface area contributed by atoms with Crippen LogP contribution in [-0.4, -0.2) is 33.0 Å². The Morgan fingerprint density at radius 1 is 1.04 bits per heavy atom.